The van der Waals surface area contributed by atoms with Gasteiger partial charge in [-0.05, 0) is 12.1 Å². The summed E-state index contributed by atoms with van der Waals surface area (Å²) in [5.41, 5.74) is 5.13. The largest absolute Gasteiger partial charge is 0.482 e. The maximum absolute atomic E-state index is 13.1. The van der Waals surface area contributed by atoms with Crippen molar-refractivity contribution >= 4 is 11.6 Å². The first kappa shape index (κ1) is 16.2. The molecule has 0 heterocycles. The topological polar surface area (TPSA) is 64.4 Å². The summed E-state index contributed by atoms with van der Waals surface area (Å²) >= 11 is 0. The van der Waals surface area contributed by atoms with Crippen molar-refractivity contribution in [3.05, 3.63) is 24.0 Å². The number of hydrogen-bond acceptors (Lipinski definition) is 3. The quantitative estimate of drug-likeness (QED) is 0.819. The Morgan fingerprint density at radius 1 is 1.45 bits per heavy atom. The molecule has 112 valence electrons. The lowest BCUT2D eigenvalue weighted by Crippen LogP contribution is -2.27. The van der Waals surface area contributed by atoms with Crippen LogP contribution >= 0.6 is 0 Å². The van der Waals surface area contributed by atoms with E-state index in [9.17, 15) is 22.4 Å². The number of nitrogens with two attached hydrogens (primary N) is 1. The van der Waals surface area contributed by atoms with E-state index in [0.29, 0.717) is 0 Å². The van der Waals surface area contributed by atoms with Gasteiger partial charge in [0.2, 0.25) is 5.91 Å². The summed E-state index contributed by atoms with van der Waals surface area (Å²) in [4.78, 5) is 11.6. The molecule has 0 bridgehead atoms. The van der Waals surface area contributed by atoms with Crippen LogP contribution in [0.5, 0.6) is 5.75 Å². The molecule has 0 spiro atoms. The van der Waals surface area contributed by atoms with E-state index in [-0.39, 0.29) is 18.0 Å². The van der Waals surface area contributed by atoms with Crippen LogP contribution in [0.3, 0.4) is 0 Å². The van der Waals surface area contributed by atoms with Crippen molar-refractivity contribution < 1.29 is 27.1 Å². The number of carbonyl (C=O) groups is 1. The second-order valence-electron chi connectivity index (χ2n) is 4.17. The minimum absolute atomic E-state index is 0.0554. The van der Waals surface area contributed by atoms with E-state index >= 15 is 0 Å². The van der Waals surface area contributed by atoms with Crippen LogP contribution in [0.1, 0.15) is 6.92 Å². The zero-order valence-electron chi connectivity index (χ0n) is 10.6. The first-order valence-electron chi connectivity index (χ1n) is 5.73. The summed E-state index contributed by atoms with van der Waals surface area (Å²) in [7, 11) is 0. The van der Waals surface area contributed by atoms with Gasteiger partial charge in [0.05, 0.1) is 5.69 Å². The number of amides is 1. The number of carbonyl (C=O) groups excluding carboxylic acids is 1. The Kier molecular flexibility index (Phi) is 5.32. The van der Waals surface area contributed by atoms with Gasteiger partial charge in [0.1, 0.15) is 11.6 Å². The predicted molar refractivity (Wildman–Crippen MR) is 64.8 cm³/mol. The van der Waals surface area contributed by atoms with Crippen molar-refractivity contribution in [3.8, 4) is 5.75 Å². The number of alkyl halides is 3. The first-order valence-corrected chi connectivity index (χ1v) is 5.73. The molecule has 1 amide bonds. The van der Waals surface area contributed by atoms with Gasteiger partial charge in [-0.25, -0.2) is 4.39 Å². The fourth-order valence-corrected chi connectivity index (χ4v) is 1.25. The van der Waals surface area contributed by atoms with E-state index in [0.717, 1.165) is 18.2 Å². The third-order valence-electron chi connectivity index (χ3n) is 2.39. The number of rotatable bonds is 5. The fourth-order valence-electron chi connectivity index (χ4n) is 1.25. The van der Waals surface area contributed by atoms with Crippen LogP contribution in [-0.2, 0) is 4.79 Å². The van der Waals surface area contributed by atoms with Gasteiger partial charge in [-0.3, -0.25) is 4.79 Å². The van der Waals surface area contributed by atoms with Crippen LogP contribution in [-0.4, -0.2) is 25.2 Å². The maximum atomic E-state index is 13.1. The van der Waals surface area contributed by atoms with Gasteiger partial charge in [0.25, 0.3) is 0 Å². The van der Waals surface area contributed by atoms with Gasteiger partial charge in [0, 0.05) is 18.5 Å². The Morgan fingerprint density at radius 3 is 2.65 bits per heavy atom. The van der Waals surface area contributed by atoms with Crippen LogP contribution in [0, 0.1) is 11.7 Å². The molecule has 0 saturated heterocycles. The summed E-state index contributed by atoms with van der Waals surface area (Å²) in [6, 6.07) is 2.84. The Morgan fingerprint density at radius 2 is 2.10 bits per heavy atom. The molecule has 8 heteroatoms. The normalized spacial score (nSPS) is 12.9. The molecule has 1 aromatic rings. The van der Waals surface area contributed by atoms with Crippen molar-refractivity contribution in [1.82, 2.24) is 0 Å². The highest BCUT2D eigenvalue weighted by Gasteiger charge is 2.29. The lowest BCUT2D eigenvalue weighted by molar-refractivity contribution is -0.153. The van der Waals surface area contributed by atoms with E-state index in [1.165, 1.54) is 6.92 Å². The highest BCUT2D eigenvalue weighted by molar-refractivity contribution is 5.93. The highest BCUT2D eigenvalue weighted by atomic mass is 19.4. The molecule has 20 heavy (non-hydrogen) atoms. The molecule has 0 radical (unpaired) electrons. The van der Waals surface area contributed by atoms with Crippen LogP contribution in [0.2, 0.25) is 0 Å². The molecular weight excluding hydrogens is 280 g/mol. The number of ether oxygens (including phenoxy) is 1. The van der Waals surface area contributed by atoms with E-state index in [4.69, 9.17) is 5.73 Å². The van der Waals surface area contributed by atoms with Crippen molar-refractivity contribution in [2.75, 3.05) is 18.5 Å². The molecule has 1 aromatic carbocycles. The standard InChI is InChI=1S/C12H14F4N2O2/c1-7(5-17)11(19)18-9-4-8(13)2-3-10(9)20-6-12(14,15)16/h2-4,7H,5-6,17H2,1H3,(H,18,19). The number of halogens is 4. The molecular formula is C12H14F4N2O2. The Hall–Kier alpha value is -1.83. The number of hydrogen-bond donors (Lipinski definition) is 2. The molecule has 0 saturated carbocycles. The van der Waals surface area contributed by atoms with Crippen molar-refractivity contribution in [2.24, 2.45) is 11.7 Å². The third-order valence-corrected chi connectivity index (χ3v) is 2.39. The zero-order valence-corrected chi connectivity index (χ0v) is 10.6. The molecule has 0 fully saturated rings. The predicted octanol–water partition coefficient (Wildman–Crippen LogP) is 2.30. The van der Waals surface area contributed by atoms with Crippen LogP contribution in [0.25, 0.3) is 0 Å². The lowest BCUT2D eigenvalue weighted by atomic mass is 10.1. The first-order chi connectivity index (χ1) is 9.23. The summed E-state index contributed by atoms with van der Waals surface area (Å²) in [5.74, 6) is -2.06. The van der Waals surface area contributed by atoms with Crippen LogP contribution in [0.4, 0.5) is 23.2 Å². The second-order valence-corrected chi connectivity index (χ2v) is 4.17. The van der Waals surface area contributed by atoms with Gasteiger partial charge in [-0.1, -0.05) is 6.92 Å². The number of nitrogens with one attached hydrogen (secondary N) is 1. The third kappa shape index (κ3) is 5.04. The minimum Gasteiger partial charge on any atom is -0.482 e. The van der Waals surface area contributed by atoms with Gasteiger partial charge >= 0.3 is 6.18 Å². The molecule has 1 unspecified atom stereocenters. The molecule has 4 nitrogen and oxygen atoms in total. The monoisotopic (exact) mass is 294 g/mol. The fraction of sp³-hybridized carbons (Fsp3) is 0.417. The molecule has 1 rings (SSSR count). The van der Waals surface area contributed by atoms with E-state index in [1.54, 1.807) is 0 Å². The van der Waals surface area contributed by atoms with Gasteiger partial charge < -0.3 is 15.8 Å². The lowest BCUT2D eigenvalue weighted by Gasteiger charge is -2.15. The van der Waals surface area contributed by atoms with Gasteiger partial charge in [0.15, 0.2) is 6.61 Å². The van der Waals surface area contributed by atoms with Crippen LogP contribution in [0.15, 0.2) is 18.2 Å². The minimum atomic E-state index is -4.53. The zero-order chi connectivity index (χ0) is 15.3. The molecule has 1 atom stereocenters. The van der Waals surface area contributed by atoms with Gasteiger partial charge in [-0.2, -0.15) is 13.2 Å². The smallest absolute Gasteiger partial charge is 0.422 e. The molecule has 3 N–H and O–H groups in total. The van der Waals surface area contributed by atoms with E-state index < -0.39 is 30.4 Å². The Labute approximate surface area is 112 Å². The summed E-state index contributed by atoms with van der Waals surface area (Å²) in [6.07, 6.45) is -4.53. The van der Waals surface area contributed by atoms with Crippen molar-refractivity contribution in [2.45, 2.75) is 13.1 Å². The molecule has 0 aliphatic heterocycles. The summed E-state index contributed by atoms with van der Waals surface area (Å²) < 4.78 is 53.9. The van der Waals surface area contributed by atoms with Crippen molar-refractivity contribution in [3.63, 3.8) is 0 Å². The van der Waals surface area contributed by atoms with Gasteiger partial charge in [-0.15, -0.1) is 0 Å². The van der Waals surface area contributed by atoms with Crippen molar-refractivity contribution in [1.29, 1.82) is 0 Å². The Balaban J connectivity index is 2.87. The maximum Gasteiger partial charge on any atom is 0.422 e. The number of benzene rings is 1. The SMILES string of the molecule is CC(CN)C(=O)Nc1cc(F)ccc1OCC(F)(F)F. The molecule has 0 aliphatic carbocycles. The second kappa shape index (κ2) is 6.56. The molecule has 0 aliphatic rings. The average molecular weight is 294 g/mol. The van der Waals surface area contributed by atoms with Crippen LogP contribution < -0.4 is 15.8 Å². The van der Waals surface area contributed by atoms with E-state index in [1.807, 2.05) is 0 Å². The number of anilines is 1. The van der Waals surface area contributed by atoms with E-state index in [2.05, 4.69) is 10.1 Å². The summed E-state index contributed by atoms with van der Waals surface area (Å²) in [5, 5.41) is 2.29. The highest BCUT2D eigenvalue weighted by Crippen LogP contribution is 2.27. The average Bonchev–Trinajstić information content (AvgIpc) is 2.35. The molecule has 0 aromatic heterocycles. The summed E-state index contributed by atoms with van der Waals surface area (Å²) in [6.45, 7) is 0.0543. The Bertz CT molecular complexity index is 477.